The number of ether oxygens (including phenoxy) is 1. The van der Waals surface area contributed by atoms with E-state index in [1.54, 1.807) is 18.9 Å². The van der Waals surface area contributed by atoms with E-state index >= 15 is 0 Å². The summed E-state index contributed by atoms with van der Waals surface area (Å²) in [6.45, 7) is 1.85. The Morgan fingerprint density at radius 3 is 2.53 bits per heavy atom. The van der Waals surface area contributed by atoms with Crippen LogP contribution in [0.5, 0.6) is 5.75 Å². The number of fused-ring (bicyclic) bond motifs is 1. The highest BCUT2D eigenvalue weighted by molar-refractivity contribution is 7.98. The van der Waals surface area contributed by atoms with Crippen molar-refractivity contribution in [2.24, 2.45) is 0 Å². The van der Waals surface area contributed by atoms with Crippen molar-refractivity contribution in [2.75, 3.05) is 25.1 Å². The average Bonchev–Trinajstić information content (AvgIpc) is 3.31. The number of carbonyl (C=O) groups excluding carboxylic acids is 1. The molecule has 1 aliphatic rings. The number of pyridine rings is 1. The van der Waals surface area contributed by atoms with Gasteiger partial charge < -0.3 is 19.4 Å². The summed E-state index contributed by atoms with van der Waals surface area (Å²) >= 11 is 1.72. The first-order chi connectivity index (χ1) is 16.7. The molecule has 0 unspecified atom stereocenters. The lowest BCUT2D eigenvalue weighted by Crippen LogP contribution is -2.44. The van der Waals surface area contributed by atoms with Gasteiger partial charge in [0.15, 0.2) is 0 Å². The maximum atomic E-state index is 12.8. The van der Waals surface area contributed by atoms with Crippen LogP contribution < -0.4 is 15.0 Å². The normalized spacial score (nSPS) is 14.3. The molecule has 0 saturated carbocycles. The van der Waals surface area contributed by atoms with Crippen molar-refractivity contribution >= 4 is 29.0 Å². The van der Waals surface area contributed by atoms with Gasteiger partial charge in [-0.3, -0.25) is 4.79 Å². The van der Waals surface area contributed by atoms with Crippen LogP contribution in [-0.2, 0) is 5.75 Å². The zero-order valence-corrected chi connectivity index (χ0v) is 20.0. The Kier molecular flexibility index (Phi) is 6.72. The van der Waals surface area contributed by atoms with Crippen molar-refractivity contribution in [3.05, 3.63) is 90.4 Å². The lowest BCUT2D eigenvalue weighted by molar-refractivity contribution is 0.0931. The molecule has 0 atom stereocenters. The van der Waals surface area contributed by atoms with Crippen LogP contribution in [0.1, 0.15) is 28.9 Å². The lowest BCUT2D eigenvalue weighted by Gasteiger charge is -2.34. The number of methoxy groups -OCH3 is 1. The summed E-state index contributed by atoms with van der Waals surface area (Å²) in [6, 6.07) is 22.2. The van der Waals surface area contributed by atoms with E-state index in [9.17, 15) is 4.79 Å². The number of thioether (sulfide) groups is 1. The number of anilines is 1. The maximum absolute atomic E-state index is 12.8. The fraction of sp³-hybridized carbons (Fsp3) is 0.259. The number of hydrogen-bond donors (Lipinski definition) is 1. The molecule has 1 fully saturated rings. The molecular formula is C27H28N4O2S. The molecule has 6 nitrogen and oxygen atoms in total. The first-order valence-corrected chi connectivity index (χ1v) is 12.5. The highest BCUT2D eigenvalue weighted by atomic mass is 32.2. The second-order valence-corrected chi connectivity index (χ2v) is 9.49. The van der Waals surface area contributed by atoms with E-state index in [1.807, 2.05) is 65.2 Å². The minimum Gasteiger partial charge on any atom is -0.497 e. The van der Waals surface area contributed by atoms with Gasteiger partial charge in [-0.25, -0.2) is 4.98 Å². The number of benzene rings is 2. The highest BCUT2D eigenvalue weighted by Crippen LogP contribution is 2.24. The molecule has 1 N–H and O–H groups in total. The van der Waals surface area contributed by atoms with Gasteiger partial charge in [0.05, 0.1) is 12.8 Å². The van der Waals surface area contributed by atoms with E-state index in [2.05, 4.69) is 33.5 Å². The number of rotatable bonds is 7. The molecule has 4 aromatic rings. The molecule has 1 aliphatic heterocycles. The summed E-state index contributed by atoms with van der Waals surface area (Å²) in [5, 5.41) is 3.21. The van der Waals surface area contributed by atoms with Gasteiger partial charge in [0.25, 0.3) is 5.91 Å². The third-order valence-corrected chi connectivity index (χ3v) is 7.23. The van der Waals surface area contributed by atoms with Crippen LogP contribution in [0.25, 0.3) is 5.65 Å². The third kappa shape index (κ3) is 5.20. The Morgan fingerprint density at radius 2 is 1.82 bits per heavy atom. The summed E-state index contributed by atoms with van der Waals surface area (Å²) in [7, 11) is 1.68. The van der Waals surface area contributed by atoms with Crippen molar-refractivity contribution in [1.29, 1.82) is 0 Å². The van der Waals surface area contributed by atoms with Crippen LogP contribution in [0.2, 0.25) is 0 Å². The maximum Gasteiger partial charge on any atom is 0.251 e. The quantitative estimate of drug-likeness (QED) is 0.382. The monoisotopic (exact) mass is 472 g/mol. The van der Waals surface area contributed by atoms with Crippen LogP contribution in [-0.4, -0.2) is 41.5 Å². The molecule has 0 radical (unpaired) electrons. The molecule has 2 aromatic carbocycles. The van der Waals surface area contributed by atoms with E-state index in [4.69, 9.17) is 4.74 Å². The van der Waals surface area contributed by atoms with Crippen molar-refractivity contribution in [2.45, 2.75) is 29.5 Å². The topological polar surface area (TPSA) is 58.9 Å². The smallest absolute Gasteiger partial charge is 0.251 e. The number of imidazole rings is 1. The standard InChI is InChI=1S/C27H28N4O2S/c1-33-24-9-7-23(8-10-24)30-16-13-21(14-17-30)29-27(32)20-5-11-25(12-6-20)34-19-22-18-31-15-3-2-4-26(31)28-22/h2-12,15,18,21H,13-14,16-17,19H2,1H3,(H,29,32). The molecule has 0 aliphatic carbocycles. The fourth-order valence-corrected chi connectivity index (χ4v) is 5.04. The number of nitrogens with one attached hydrogen (secondary N) is 1. The molecule has 0 spiro atoms. The molecule has 174 valence electrons. The minimum atomic E-state index is -0.000187. The second-order valence-electron chi connectivity index (χ2n) is 8.44. The molecule has 1 saturated heterocycles. The predicted molar refractivity (Wildman–Crippen MR) is 137 cm³/mol. The summed E-state index contributed by atoms with van der Waals surface area (Å²) in [5.41, 5.74) is 3.90. The summed E-state index contributed by atoms with van der Waals surface area (Å²) in [4.78, 5) is 20.9. The Hall–Kier alpha value is -3.45. The van der Waals surface area contributed by atoms with Crippen LogP contribution in [0.3, 0.4) is 0 Å². The Labute approximate surface area is 204 Å². The van der Waals surface area contributed by atoms with Gasteiger partial charge in [-0.05, 0) is 73.5 Å². The zero-order chi connectivity index (χ0) is 23.3. The van der Waals surface area contributed by atoms with E-state index in [-0.39, 0.29) is 11.9 Å². The Bertz CT molecular complexity index is 1210. The SMILES string of the molecule is COc1ccc(N2CCC(NC(=O)c3ccc(SCc4cn5ccccc5n4)cc3)CC2)cc1. The number of carbonyl (C=O) groups is 1. The van der Waals surface area contributed by atoms with E-state index in [0.29, 0.717) is 5.56 Å². The Morgan fingerprint density at radius 1 is 1.06 bits per heavy atom. The van der Waals surface area contributed by atoms with Crippen LogP contribution in [0, 0.1) is 0 Å². The molecule has 5 rings (SSSR count). The van der Waals surface area contributed by atoms with E-state index in [0.717, 1.165) is 53.7 Å². The number of amides is 1. The minimum absolute atomic E-state index is 0.000187. The molecule has 3 heterocycles. The molecular weight excluding hydrogens is 444 g/mol. The van der Waals surface area contributed by atoms with Gasteiger partial charge in [0.2, 0.25) is 0 Å². The molecule has 7 heteroatoms. The van der Waals surface area contributed by atoms with Gasteiger partial charge in [-0.1, -0.05) is 6.07 Å². The summed E-state index contributed by atoms with van der Waals surface area (Å²) < 4.78 is 7.27. The number of nitrogens with zero attached hydrogens (tertiary/aromatic N) is 3. The van der Waals surface area contributed by atoms with Gasteiger partial charge in [-0.2, -0.15) is 0 Å². The summed E-state index contributed by atoms with van der Waals surface area (Å²) in [5.74, 6) is 1.66. The zero-order valence-electron chi connectivity index (χ0n) is 19.2. The molecule has 2 aromatic heterocycles. The number of aromatic nitrogens is 2. The van der Waals surface area contributed by atoms with Gasteiger partial charge in [0.1, 0.15) is 11.4 Å². The predicted octanol–water partition coefficient (Wildman–Crippen LogP) is 5.03. The second kappa shape index (κ2) is 10.2. The highest BCUT2D eigenvalue weighted by Gasteiger charge is 2.21. The van der Waals surface area contributed by atoms with Crippen LogP contribution in [0.4, 0.5) is 5.69 Å². The number of piperidine rings is 1. The first-order valence-electron chi connectivity index (χ1n) is 11.5. The van der Waals surface area contributed by atoms with Gasteiger partial charge in [0, 0.05) is 53.4 Å². The third-order valence-electron chi connectivity index (χ3n) is 6.18. The lowest BCUT2D eigenvalue weighted by atomic mass is 10.0. The number of hydrogen-bond acceptors (Lipinski definition) is 5. The van der Waals surface area contributed by atoms with Crippen LogP contribution in [0.15, 0.2) is 84.0 Å². The van der Waals surface area contributed by atoms with Crippen molar-refractivity contribution in [3.63, 3.8) is 0 Å². The largest absolute Gasteiger partial charge is 0.497 e. The molecule has 0 bridgehead atoms. The van der Waals surface area contributed by atoms with E-state index < -0.39 is 0 Å². The van der Waals surface area contributed by atoms with Crippen molar-refractivity contribution in [1.82, 2.24) is 14.7 Å². The van der Waals surface area contributed by atoms with Crippen molar-refractivity contribution in [3.8, 4) is 5.75 Å². The first kappa shape index (κ1) is 22.3. The van der Waals surface area contributed by atoms with Gasteiger partial charge >= 0.3 is 0 Å². The molecule has 34 heavy (non-hydrogen) atoms. The fourth-order valence-electron chi connectivity index (χ4n) is 4.26. The molecule has 1 amide bonds. The van der Waals surface area contributed by atoms with Crippen molar-refractivity contribution < 1.29 is 9.53 Å². The van der Waals surface area contributed by atoms with Crippen LogP contribution >= 0.6 is 11.8 Å². The average molecular weight is 473 g/mol. The van der Waals surface area contributed by atoms with E-state index in [1.165, 1.54) is 5.69 Å². The summed E-state index contributed by atoms with van der Waals surface area (Å²) in [6.07, 6.45) is 5.94. The van der Waals surface area contributed by atoms with Gasteiger partial charge in [-0.15, -0.1) is 11.8 Å². The Balaban J connectivity index is 1.10.